The Bertz CT molecular complexity index is 652. The second kappa shape index (κ2) is 5.84. The first-order valence-electron chi connectivity index (χ1n) is 6.01. The van der Waals surface area contributed by atoms with E-state index in [-0.39, 0.29) is 11.3 Å². The summed E-state index contributed by atoms with van der Waals surface area (Å²) < 4.78 is 5.34. The predicted octanol–water partition coefficient (Wildman–Crippen LogP) is 3.81. The SMILES string of the molecule is CCOc1ccc(-c2cc(O)cc(C(=O)O)c2)c(Cl)c1. The van der Waals surface area contributed by atoms with Gasteiger partial charge in [-0.2, -0.15) is 0 Å². The average Bonchev–Trinajstić information content (AvgIpc) is 2.38. The van der Waals surface area contributed by atoms with Crippen LogP contribution >= 0.6 is 11.6 Å². The maximum Gasteiger partial charge on any atom is 0.335 e. The lowest BCUT2D eigenvalue weighted by Crippen LogP contribution is -1.96. The first-order valence-corrected chi connectivity index (χ1v) is 6.39. The van der Waals surface area contributed by atoms with Crippen LogP contribution in [0.3, 0.4) is 0 Å². The molecular formula is C15H13ClO4. The molecule has 5 heteroatoms. The Kier molecular flexibility index (Phi) is 4.15. The third-order valence-electron chi connectivity index (χ3n) is 2.73. The standard InChI is InChI=1S/C15H13ClO4/c1-2-20-12-3-4-13(14(16)8-12)9-5-10(15(18)19)7-11(17)6-9/h3-8,17H,2H2,1H3,(H,18,19). The zero-order valence-electron chi connectivity index (χ0n) is 10.8. The number of benzene rings is 2. The molecule has 0 amide bonds. The van der Waals surface area contributed by atoms with Gasteiger partial charge in [0.1, 0.15) is 11.5 Å². The molecular weight excluding hydrogens is 280 g/mol. The van der Waals surface area contributed by atoms with Crippen molar-refractivity contribution in [1.82, 2.24) is 0 Å². The molecule has 0 radical (unpaired) electrons. The van der Waals surface area contributed by atoms with Crippen molar-refractivity contribution in [3.63, 3.8) is 0 Å². The molecule has 0 aliphatic rings. The fraction of sp³-hybridized carbons (Fsp3) is 0.133. The summed E-state index contributed by atoms with van der Waals surface area (Å²) in [5.41, 5.74) is 1.17. The smallest absolute Gasteiger partial charge is 0.335 e. The monoisotopic (exact) mass is 292 g/mol. The average molecular weight is 293 g/mol. The maximum atomic E-state index is 11.0. The van der Waals surface area contributed by atoms with Crippen LogP contribution < -0.4 is 4.74 Å². The molecule has 0 fully saturated rings. The molecule has 0 aliphatic heterocycles. The van der Waals surface area contributed by atoms with Crippen LogP contribution in [-0.4, -0.2) is 22.8 Å². The van der Waals surface area contributed by atoms with E-state index in [4.69, 9.17) is 21.4 Å². The van der Waals surface area contributed by atoms with Gasteiger partial charge >= 0.3 is 5.97 Å². The van der Waals surface area contributed by atoms with Crippen molar-refractivity contribution in [2.45, 2.75) is 6.92 Å². The quantitative estimate of drug-likeness (QED) is 0.899. The van der Waals surface area contributed by atoms with Gasteiger partial charge in [-0.05, 0) is 48.9 Å². The predicted molar refractivity (Wildman–Crippen MR) is 76.7 cm³/mol. The summed E-state index contributed by atoms with van der Waals surface area (Å²) in [6, 6.07) is 9.25. The summed E-state index contributed by atoms with van der Waals surface area (Å²) in [6.07, 6.45) is 0. The molecule has 2 rings (SSSR count). The van der Waals surface area contributed by atoms with E-state index < -0.39 is 5.97 Å². The van der Waals surface area contributed by atoms with Crippen LogP contribution in [0.5, 0.6) is 11.5 Å². The van der Waals surface area contributed by atoms with Crippen molar-refractivity contribution in [3.8, 4) is 22.6 Å². The van der Waals surface area contributed by atoms with Crippen molar-refractivity contribution >= 4 is 17.6 Å². The van der Waals surface area contributed by atoms with Gasteiger partial charge in [0, 0.05) is 5.56 Å². The number of hydrogen-bond acceptors (Lipinski definition) is 3. The molecule has 2 aromatic rings. The minimum atomic E-state index is -1.11. The fourth-order valence-electron chi connectivity index (χ4n) is 1.88. The van der Waals surface area contributed by atoms with Crippen LogP contribution in [0.1, 0.15) is 17.3 Å². The van der Waals surface area contributed by atoms with Gasteiger partial charge in [0.05, 0.1) is 17.2 Å². The highest BCUT2D eigenvalue weighted by molar-refractivity contribution is 6.33. The number of halogens is 1. The minimum Gasteiger partial charge on any atom is -0.508 e. The molecule has 2 N–H and O–H groups in total. The van der Waals surface area contributed by atoms with E-state index in [9.17, 15) is 9.90 Å². The highest BCUT2D eigenvalue weighted by Gasteiger charge is 2.11. The number of phenolic OH excluding ortho intramolecular Hbond substituents is 1. The van der Waals surface area contributed by atoms with E-state index in [1.165, 1.54) is 18.2 Å². The summed E-state index contributed by atoms with van der Waals surface area (Å²) in [6.45, 7) is 2.40. The maximum absolute atomic E-state index is 11.0. The third-order valence-corrected chi connectivity index (χ3v) is 3.04. The fourth-order valence-corrected chi connectivity index (χ4v) is 2.16. The molecule has 4 nitrogen and oxygen atoms in total. The number of phenols is 1. The van der Waals surface area contributed by atoms with Crippen LogP contribution in [0.15, 0.2) is 36.4 Å². The number of carboxylic acid groups (broad SMARTS) is 1. The molecule has 0 bridgehead atoms. The second-order valence-electron chi connectivity index (χ2n) is 4.15. The van der Waals surface area contributed by atoms with E-state index in [2.05, 4.69) is 0 Å². The highest BCUT2D eigenvalue weighted by atomic mass is 35.5. The number of carboxylic acids is 1. The van der Waals surface area contributed by atoms with Gasteiger partial charge in [-0.25, -0.2) is 4.79 Å². The van der Waals surface area contributed by atoms with Gasteiger partial charge in [-0.1, -0.05) is 11.6 Å². The number of aromatic carboxylic acids is 1. The minimum absolute atomic E-state index is 0.00458. The first kappa shape index (κ1) is 14.2. The highest BCUT2D eigenvalue weighted by Crippen LogP contribution is 2.33. The second-order valence-corrected chi connectivity index (χ2v) is 4.56. The van der Waals surface area contributed by atoms with Crippen LogP contribution in [0, 0.1) is 0 Å². The Balaban J connectivity index is 2.48. The van der Waals surface area contributed by atoms with Crippen molar-refractivity contribution in [2.75, 3.05) is 6.61 Å². The number of carbonyl (C=O) groups is 1. The molecule has 0 unspecified atom stereocenters. The molecule has 0 spiro atoms. The molecule has 0 aromatic heterocycles. The number of hydrogen-bond donors (Lipinski definition) is 2. The van der Waals surface area contributed by atoms with E-state index in [0.717, 1.165) is 0 Å². The van der Waals surface area contributed by atoms with E-state index in [0.29, 0.717) is 28.5 Å². The van der Waals surface area contributed by atoms with E-state index >= 15 is 0 Å². The van der Waals surface area contributed by atoms with Crippen molar-refractivity contribution in [3.05, 3.63) is 47.0 Å². The first-order chi connectivity index (χ1) is 9.51. The Labute approximate surface area is 121 Å². The van der Waals surface area contributed by atoms with Gasteiger partial charge in [0.15, 0.2) is 0 Å². The van der Waals surface area contributed by atoms with Crippen LogP contribution in [0.2, 0.25) is 5.02 Å². The van der Waals surface area contributed by atoms with E-state index in [1.807, 2.05) is 6.92 Å². The molecule has 0 heterocycles. The lowest BCUT2D eigenvalue weighted by molar-refractivity contribution is 0.0696. The topological polar surface area (TPSA) is 66.8 Å². The Hall–Kier alpha value is -2.20. The molecule has 0 saturated carbocycles. The van der Waals surface area contributed by atoms with Gasteiger partial charge in [0.25, 0.3) is 0 Å². The number of ether oxygens (including phenoxy) is 1. The zero-order chi connectivity index (χ0) is 14.7. The summed E-state index contributed by atoms with van der Waals surface area (Å²) >= 11 is 6.17. The molecule has 2 aromatic carbocycles. The summed E-state index contributed by atoms with van der Waals surface area (Å²) in [5.74, 6) is -0.589. The number of rotatable bonds is 4. The number of aromatic hydroxyl groups is 1. The van der Waals surface area contributed by atoms with Crippen molar-refractivity contribution in [1.29, 1.82) is 0 Å². The van der Waals surface area contributed by atoms with Gasteiger partial charge < -0.3 is 14.9 Å². The van der Waals surface area contributed by atoms with Crippen LogP contribution in [0.25, 0.3) is 11.1 Å². The molecule has 20 heavy (non-hydrogen) atoms. The van der Waals surface area contributed by atoms with Gasteiger partial charge in [-0.3, -0.25) is 0 Å². The van der Waals surface area contributed by atoms with Crippen molar-refractivity contribution < 1.29 is 19.7 Å². The summed E-state index contributed by atoms with van der Waals surface area (Å²) in [5, 5.41) is 19.0. The van der Waals surface area contributed by atoms with Gasteiger partial charge in [0.2, 0.25) is 0 Å². The normalized spacial score (nSPS) is 10.3. The summed E-state index contributed by atoms with van der Waals surface area (Å²) in [4.78, 5) is 11.0. The largest absolute Gasteiger partial charge is 0.508 e. The van der Waals surface area contributed by atoms with Crippen molar-refractivity contribution in [2.24, 2.45) is 0 Å². The lowest BCUT2D eigenvalue weighted by atomic mass is 10.0. The molecule has 0 aliphatic carbocycles. The Morgan fingerprint density at radius 2 is 2.00 bits per heavy atom. The lowest BCUT2D eigenvalue weighted by Gasteiger charge is -2.09. The summed E-state index contributed by atoms with van der Waals surface area (Å²) in [7, 11) is 0. The molecule has 104 valence electrons. The van der Waals surface area contributed by atoms with Crippen LogP contribution in [-0.2, 0) is 0 Å². The van der Waals surface area contributed by atoms with E-state index in [1.54, 1.807) is 18.2 Å². The molecule has 0 saturated heterocycles. The van der Waals surface area contributed by atoms with Crippen LogP contribution in [0.4, 0.5) is 0 Å². The third kappa shape index (κ3) is 3.03. The van der Waals surface area contributed by atoms with Gasteiger partial charge in [-0.15, -0.1) is 0 Å². The zero-order valence-corrected chi connectivity index (χ0v) is 11.5. The Morgan fingerprint density at radius 1 is 1.25 bits per heavy atom. The Morgan fingerprint density at radius 3 is 2.60 bits per heavy atom. The molecule has 0 atom stereocenters.